The van der Waals surface area contributed by atoms with Gasteiger partial charge in [-0.25, -0.2) is 0 Å². The van der Waals surface area contributed by atoms with Crippen LogP contribution in [0.3, 0.4) is 0 Å². The smallest absolute Gasteiger partial charge is 0.272 e. The van der Waals surface area contributed by atoms with Crippen molar-refractivity contribution < 1.29 is 9.59 Å². The standard InChI is InChI=1S/C16H15N3O2S/c20-15-9-14-13(19(15)11-5-8-22-10-11)4-7-18(14)16(21)12-3-1-2-6-17-12/h1-3,5-6,8,10,13-14H,4,7,9H2/t13-,14+/m0/s1. The summed E-state index contributed by atoms with van der Waals surface area (Å²) in [5.41, 5.74) is 1.40. The molecular formula is C16H15N3O2S. The predicted octanol–water partition coefficient (Wildman–Crippen LogP) is 2.16. The fourth-order valence-electron chi connectivity index (χ4n) is 3.47. The molecule has 2 aliphatic heterocycles. The Bertz CT molecular complexity index is 701. The zero-order valence-corrected chi connectivity index (χ0v) is 12.7. The van der Waals surface area contributed by atoms with Crippen LogP contribution in [-0.2, 0) is 4.79 Å². The topological polar surface area (TPSA) is 53.5 Å². The Hall–Kier alpha value is -2.21. The maximum absolute atomic E-state index is 12.6. The number of carbonyl (C=O) groups excluding carboxylic acids is 2. The first kappa shape index (κ1) is 13.5. The number of carbonyl (C=O) groups is 2. The molecule has 4 heterocycles. The van der Waals surface area contributed by atoms with Gasteiger partial charge in [0.05, 0.1) is 17.8 Å². The molecule has 0 unspecified atom stereocenters. The number of amides is 2. The average molecular weight is 313 g/mol. The Morgan fingerprint density at radius 2 is 2.18 bits per heavy atom. The molecule has 2 atom stereocenters. The molecule has 112 valence electrons. The second-order valence-corrected chi connectivity index (χ2v) is 6.37. The van der Waals surface area contributed by atoms with Crippen molar-refractivity contribution in [3.8, 4) is 0 Å². The maximum atomic E-state index is 12.6. The molecule has 0 saturated carbocycles. The average Bonchev–Trinajstić information content (AvgIpc) is 3.24. The first-order valence-corrected chi connectivity index (χ1v) is 8.26. The zero-order chi connectivity index (χ0) is 15.1. The summed E-state index contributed by atoms with van der Waals surface area (Å²) < 4.78 is 0. The summed E-state index contributed by atoms with van der Waals surface area (Å²) in [5.74, 6) is 0.0278. The van der Waals surface area contributed by atoms with Gasteiger partial charge in [0.2, 0.25) is 5.91 Å². The molecule has 4 rings (SSSR count). The Morgan fingerprint density at radius 3 is 2.91 bits per heavy atom. The molecular weight excluding hydrogens is 298 g/mol. The van der Waals surface area contributed by atoms with Crippen LogP contribution in [0.1, 0.15) is 23.3 Å². The third-order valence-electron chi connectivity index (χ3n) is 4.42. The van der Waals surface area contributed by atoms with E-state index in [1.165, 1.54) is 0 Å². The lowest BCUT2D eigenvalue weighted by Crippen LogP contribution is -2.40. The summed E-state index contributed by atoms with van der Waals surface area (Å²) in [6.07, 6.45) is 2.85. The number of anilines is 1. The fraction of sp³-hybridized carbons (Fsp3) is 0.312. The number of likely N-dealkylation sites (tertiary alicyclic amines) is 1. The summed E-state index contributed by atoms with van der Waals surface area (Å²) in [4.78, 5) is 32.8. The van der Waals surface area contributed by atoms with E-state index in [4.69, 9.17) is 0 Å². The van der Waals surface area contributed by atoms with Crippen LogP contribution in [0.15, 0.2) is 41.2 Å². The van der Waals surface area contributed by atoms with Gasteiger partial charge in [-0.15, -0.1) is 0 Å². The molecule has 0 radical (unpaired) electrons. The van der Waals surface area contributed by atoms with Crippen LogP contribution >= 0.6 is 11.3 Å². The largest absolute Gasteiger partial charge is 0.332 e. The minimum Gasteiger partial charge on any atom is -0.332 e. The van der Waals surface area contributed by atoms with E-state index in [0.29, 0.717) is 18.7 Å². The maximum Gasteiger partial charge on any atom is 0.272 e. The van der Waals surface area contributed by atoms with Crippen LogP contribution in [0, 0.1) is 0 Å². The van der Waals surface area contributed by atoms with Crippen LogP contribution in [0.2, 0.25) is 0 Å². The fourth-order valence-corrected chi connectivity index (χ4v) is 4.09. The highest BCUT2D eigenvalue weighted by Crippen LogP contribution is 2.37. The van der Waals surface area contributed by atoms with E-state index in [0.717, 1.165) is 12.1 Å². The van der Waals surface area contributed by atoms with Gasteiger partial charge in [-0.3, -0.25) is 14.6 Å². The third kappa shape index (κ3) is 2.02. The SMILES string of the molecule is O=C(c1ccccn1)N1CC[C@H]2[C@H]1CC(=O)N2c1ccsc1. The number of rotatable bonds is 2. The second-order valence-electron chi connectivity index (χ2n) is 5.59. The molecule has 0 spiro atoms. The van der Waals surface area contributed by atoms with Gasteiger partial charge in [0.1, 0.15) is 5.69 Å². The lowest BCUT2D eigenvalue weighted by molar-refractivity contribution is -0.117. The zero-order valence-electron chi connectivity index (χ0n) is 11.9. The van der Waals surface area contributed by atoms with E-state index >= 15 is 0 Å². The lowest BCUT2D eigenvalue weighted by atomic mass is 10.1. The summed E-state index contributed by atoms with van der Waals surface area (Å²) in [5, 5.41) is 3.96. The van der Waals surface area contributed by atoms with Gasteiger partial charge in [-0.1, -0.05) is 6.07 Å². The molecule has 22 heavy (non-hydrogen) atoms. The molecule has 2 fully saturated rings. The van der Waals surface area contributed by atoms with Crippen molar-refractivity contribution in [2.45, 2.75) is 24.9 Å². The molecule has 0 aromatic carbocycles. The summed E-state index contributed by atoms with van der Waals surface area (Å²) in [7, 11) is 0. The van der Waals surface area contributed by atoms with E-state index in [2.05, 4.69) is 4.98 Å². The monoisotopic (exact) mass is 313 g/mol. The first-order valence-electron chi connectivity index (χ1n) is 7.32. The van der Waals surface area contributed by atoms with Crippen molar-refractivity contribution in [2.75, 3.05) is 11.4 Å². The number of pyridine rings is 1. The van der Waals surface area contributed by atoms with Gasteiger partial charge in [-0.2, -0.15) is 11.3 Å². The molecule has 2 aromatic rings. The molecule has 2 saturated heterocycles. The molecule has 0 aliphatic carbocycles. The van der Waals surface area contributed by atoms with Gasteiger partial charge in [-0.05, 0) is 30.0 Å². The van der Waals surface area contributed by atoms with Crippen molar-refractivity contribution >= 4 is 28.8 Å². The van der Waals surface area contributed by atoms with Crippen molar-refractivity contribution in [2.24, 2.45) is 0 Å². The molecule has 0 bridgehead atoms. The minimum atomic E-state index is -0.0759. The summed E-state index contributed by atoms with van der Waals surface area (Å²) in [6.45, 7) is 0.679. The van der Waals surface area contributed by atoms with Crippen LogP contribution in [0.4, 0.5) is 5.69 Å². The predicted molar refractivity (Wildman–Crippen MR) is 83.9 cm³/mol. The number of aromatic nitrogens is 1. The molecule has 6 heteroatoms. The molecule has 0 N–H and O–H groups in total. The van der Waals surface area contributed by atoms with Crippen LogP contribution < -0.4 is 4.90 Å². The van der Waals surface area contributed by atoms with Gasteiger partial charge >= 0.3 is 0 Å². The Morgan fingerprint density at radius 1 is 1.27 bits per heavy atom. The number of fused-ring (bicyclic) bond motifs is 1. The molecule has 2 aromatic heterocycles. The number of hydrogen-bond acceptors (Lipinski definition) is 4. The Labute approximate surface area is 132 Å². The molecule has 2 amide bonds. The van der Waals surface area contributed by atoms with Gasteiger partial charge in [0, 0.05) is 24.5 Å². The van der Waals surface area contributed by atoms with Crippen molar-refractivity contribution in [1.82, 2.24) is 9.88 Å². The van der Waals surface area contributed by atoms with Crippen molar-refractivity contribution in [3.05, 3.63) is 46.9 Å². The van der Waals surface area contributed by atoms with E-state index in [1.807, 2.05) is 32.7 Å². The van der Waals surface area contributed by atoms with E-state index < -0.39 is 0 Å². The van der Waals surface area contributed by atoms with Gasteiger partial charge in [0.25, 0.3) is 5.91 Å². The van der Waals surface area contributed by atoms with Crippen LogP contribution in [0.5, 0.6) is 0 Å². The quantitative estimate of drug-likeness (QED) is 0.854. The van der Waals surface area contributed by atoms with Crippen LogP contribution in [-0.4, -0.2) is 40.3 Å². The lowest BCUT2D eigenvalue weighted by Gasteiger charge is -2.24. The molecule has 5 nitrogen and oxygen atoms in total. The number of thiophene rings is 1. The van der Waals surface area contributed by atoms with Crippen molar-refractivity contribution in [1.29, 1.82) is 0 Å². The summed E-state index contributed by atoms with van der Waals surface area (Å²) >= 11 is 1.58. The highest BCUT2D eigenvalue weighted by Gasteiger charge is 2.49. The van der Waals surface area contributed by atoms with E-state index in [-0.39, 0.29) is 23.9 Å². The Balaban J connectivity index is 1.60. The number of hydrogen-bond donors (Lipinski definition) is 0. The minimum absolute atomic E-state index is 0.0399. The van der Waals surface area contributed by atoms with E-state index in [1.54, 1.807) is 29.7 Å². The number of nitrogens with zero attached hydrogens (tertiary/aromatic N) is 3. The Kier molecular flexibility index (Phi) is 3.18. The normalized spacial score (nSPS) is 23.9. The third-order valence-corrected chi connectivity index (χ3v) is 5.09. The second kappa shape index (κ2) is 5.21. The van der Waals surface area contributed by atoms with Gasteiger partial charge < -0.3 is 9.80 Å². The van der Waals surface area contributed by atoms with Crippen molar-refractivity contribution in [3.63, 3.8) is 0 Å². The van der Waals surface area contributed by atoms with Gasteiger partial charge in [0.15, 0.2) is 0 Å². The first-order chi connectivity index (χ1) is 10.8. The van der Waals surface area contributed by atoms with Crippen LogP contribution in [0.25, 0.3) is 0 Å². The van der Waals surface area contributed by atoms with E-state index in [9.17, 15) is 9.59 Å². The molecule has 2 aliphatic rings. The highest BCUT2D eigenvalue weighted by molar-refractivity contribution is 7.08. The summed E-state index contributed by atoms with van der Waals surface area (Å²) in [6, 6.07) is 7.35. The highest BCUT2D eigenvalue weighted by atomic mass is 32.1.